The summed E-state index contributed by atoms with van der Waals surface area (Å²) < 4.78 is 0. The van der Waals surface area contributed by atoms with Crippen molar-refractivity contribution in [3.63, 3.8) is 0 Å². The fourth-order valence-corrected chi connectivity index (χ4v) is 4.07. The first-order valence-corrected chi connectivity index (χ1v) is 9.40. The van der Waals surface area contributed by atoms with Gasteiger partial charge in [-0.25, -0.2) is 0 Å². The van der Waals surface area contributed by atoms with E-state index in [1.54, 1.807) is 24.3 Å². The van der Waals surface area contributed by atoms with Gasteiger partial charge in [0.15, 0.2) is 0 Å². The van der Waals surface area contributed by atoms with Crippen LogP contribution in [0, 0.1) is 0 Å². The molecule has 0 amide bonds. The lowest BCUT2D eigenvalue weighted by Crippen LogP contribution is -2.38. The number of nitrogens with zero attached hydrogens (tertiary/aromatic N) is 1. The molecule has 1 aliphatic heterocycles. The molecule has 26 heavy (non-hydrogen) atoms. The fraction of sp³-hybridized carbons (Fsp3) is 0.300. The number of halogens is 2. The van der Waals surface area contributed by atoms with Crippen molar-refractivity contribution in [2.24, 2.45) is 0 Å². The lowest BCUT2D eigenvalue weighted by Gasteiger charge is -2.30. The molecular weight excluding hydrogens is 371 g/mol. The van der Waals surface area contributed by atoms with Gasteiger partial charge in [0.1, 0.15) is 6.10 Å². The average molecular weight is 391 g/mol. The van der Waals surface area contributed by atoms with Gasteiger partial charge in [0.05, 0.1) is 6.10 Å². The van der Waals surface area contributed by atoms with Crippen molar-refractivity contribution in [2.45, 2.75) is 25.2 Å². The van der Waals surface area contributed by atoms with E-state index < -0.39 is 12.2 Å². The Morgan fingerprint density at radius 1 is 1.08 bits per heavy atom. The van der Waals surface area contributed by atoms with Crippen LogP contribution in [0.15, 0.2) is 42.5 Å². The first-order valence-electron chi connectivity index (χ1n) is 8.64. The number of β-amino-alcohol motifs (C(OH)–C–C–N with tert-alkyl or cyclic N) is 1. The number of aromatic amines is 1. The molecule has 3 aromatic rings. The first kappa shape index (κ1) is 17.8. The lowest BCUT2D eigenvalue weighted by atomic mass is 10.0. The maximum absolute atomic E-state index is 10.5. The predicted octanol–water partition coefficient (Wildman–Crippen LogP) is 3.93. The SMILES string of the molecule is OC(CN1CCc2c([nH]c3ccc(Cl)cc23)C1)C(O)c1cccc(Cl)c1. The van der Waals surface area contributed by atoms with E-state index in [0.717, 1.165) is 29.2 Å². The van der Waals surface area contributed by atoms with Gasteiger partial charge in [0.25, 0.3) is 0 Å². The number of benzene rings is 2. The molecule has 4 rings (SSSR count). The van der Waals surface area contributed by atoms with Gasteiger partial charge in [-0.3, -0.25) is 4.90 Å². The Bertz CT molecular complexity index is 941. The van der Waals surface area contributed by atoms with Gasteiger partial charge in [-0.15, -0.1) is 0 Å². The van der Waals surface area contributed by atoms with Crippen LogP contribution in [0.5, 0.6) is 0 Å². The van der Waals surface area contributed by atoms with Gasteiger partial charge in [0.2, 0.25) is 0 Å². The molecule has 2 unspecified atom stereocenters. The zero-order valence-corrected chi connectivity index (χ0v) is 15.6. The van der Waals surface area contributed by atoms with Crippen molar-refractivity contribution in [1.82, 2.24) is 9.88 Å². The zero-order chi connectivity index (χ0) is 18.3. The van der Waals surface area contributed by atoms with Crippen molar-refractivity contribution in [3.05, 3.63) is 69.3 Å². The Hall–Kier alpha value is -1.56. The van der Waals surface area contributed by atoms with E-state index in [1.165, 1.54) is 10.9 Å². The molecule has 3 N–H and O–H groups in total. The highest BCUT2D eigenvalue weighted by Gasteiger charge is 2.26. The van der Waals surface area contributed by atoms with Crippen molar-refractivity contribution in [2.75, 3.05) is 13.1 Å². The minimum atomic E-state index is -0.961. The van der Waals surface area contributed by atoms with Crippen LogP contribution in [0.1, 0.15) is 22.9 Å². The van der Waals surface area contributed by atoms with E-state index in [2.05, 4.69) is 9.88 Å². The van der Waals surface area contributed by atoms with Gasteiger partial charge in [0, 0.05) is 46.3 Å². The van der Waals surface area contributed by atoms with Crippen LogP contribution in [0.4, 0.5) is 0 Å². The quantitative estimate of drug-likeness (QED) is 0.632. The van der Waals surface area contributed by atoms with Crippen molar-refractivity contribution in [3.8, 4) is 0 Å². The minimum absolute atomic E-state index is 0.392. The number of aromatic nitrogens is 1. The zero-order valence-electron chi connectivity index (χ0n) is 14.1. The summed E-state index contributed by atoms with van der Waals surface area (Å²) in [6.07, 6.45) is -0.958. The summed E-state index contributed by atoms with van der Waals surface area (Å²) in [6.45, 7) is 1.93. The van der Waals surface area contributed by atoms with Crippen molar-refractivity contribution in [1.29, 1.82) is 0 Å². The molecular formula is C20H20Cl2N2O2. The minimum Gasteiger partial charge on any atom is -0.389 e. The van der Waals surface area contributed by atoms with E-state index in [-0.39, 0.29) is 0 Å². The van der Waals surface area contributed by atoms with Gasteiger partial charge in [-0.05, 0) is 47.9 Å². The molecule has 0 radical (unpaired) electrons. The Kier molecular flexibility index (Phi) is 4.95. The number of aliphatic hydroxyl groups excluding tert-OH is 2. The fourth-order valence-electron chi connectivity index (χ4n) is 3.70. The molecule has 1 aromatic heterocycles. The Morgan fingerprint density at radius 2 is 1.88 bits per heavy atom. The van der Waals surface area contributed by atoms with Crippen LogP contribution in [-0.2, 0) is 13.0 Å². The van der Waals surface area contributed by atoms with Crippen molar-refractivity contribution >= 4 is 34.1 Å². The topological polar surface area (TPSA) is 59.5 Å². The second-order valence-corrected chi connectivity index (χ2v) is 7.70. The molecule has 2 aromatic carbocycles. The summed E-state index contributed by atoms with van der Waals surface area (Å²) in [7, 11) is 0. The van der Waals surface area contributed by atoms with E-state index in [9.17, 15) is 10.2 Å². The van der Waals surface area contributed by atoms with Crippen LogP contribution in [0.3, 0.4) is 0 Å². The molecule has 1 aliphatic rings. The highest BCUT2D eigenvalue weighted by molar-refractivity contribution is 6.31. The molecule has 136 valence electrons. The van der Waals surface area contributed by atoms with E-state index in [0.29, 0.717) is 23.7 Å². The highest BCUT2D eigenvalue weighted by Crippen LogP contribution is 2.30. The van der Waals surface area contributed by atoms with Crippen LogP contribution in [0.25, 0.3) is 10.9 Å². The summed E-state index contributed by atoms with van der Waals surface area (Å²) in [5.74, 6) is 0. The van der Waals surface area contributed by atoms with Gasteiger partial charge >= 0.3 is 0 Å². The molecule has 6 heteroatoms. The molecule has 0 spiro atoms. The number of hydrogen-bond donors (Lipinski definition) is 3. The average Bonchev–Trinajstić information content (AvgIpc) is 2.98. The van der Waals surface area contributed by atoms with E-state index >= 15 is 0 Å². The third kappa shape index (κ3) is 3.48. The number of H-pyrrole nitrogens is 1. The smallest absolute Gasteiger partial charge is 0.106 e. The molecule has 0 aliphatic carbocycles. The third-order valence-corrected chi connectivity index (χ3v) is 5.49. The molecule has 0 saturated carbocycles. The summed E-state index contributed by atoms with van der Waals surface area (Å²) in [6, 6.07) is 12.9. The molecule has 2 atom stereocenters. The summed E-state index contributed by atoms with van der Waals surface area (Å²) in [5.41, 5.74) is 4.16. The van der Waals surface area contributed by atoms with Gasteiger partial charge in [-0.2, -0.15) is 0 Å². The predicted molar refractivity (Wildman–Crippen MR) is 105 cm³/mol. The van der Waals surface area contributed by atoms with Crippen LogP contribution < -0.4 is 0 Å². The Labute approximate surface area is 162 Å². The molecule has 0 bridgehead atoms. The lowest BCUT2D eigenvalue weighted by molar-refractivity contribution is -0.00621. The standard InChI is InChI=1S/C20H20Cl2N2O2/c21-13-3-1-2-12(8-13)20(26)19(25)11-24-7-6-15-16-9-14(22)4-5-17(16)23-18(15)10-24/h1-5,8-9,19-20,23,25-26H,6-7,10-11H2. The number of nitrogens with one attached hydrogen (secondary N) is 1. The highest BCUT2D eigenvalue weighted by atomic mass is 35.5. The van der Waals surface area contributed by atoms with Gasteiger partial charge < -0.3 is 15.2 Å². The first-order chi connectivity index (χ1) is 12.5. The maximum Gasteiger partial charge on any atom is 0.106 e. The number of hydrogen-bond acceptors (Lipinski definition) is 3. The van der Waals surface area contributed by atoms with Crippen LogP contribution in [0.2, 0.25) is 10.0 Å². The van der Waals surface area contributed by atoms with E-state index in [4.69, 9.17) is 23.2 Å². The number of aliphatic hydroxyl groups is 2. The third-order valence-electron chi connectivity index (χ3n) is 5.02. The second-order valence-electron chi connectivity index (χ2n) is 6.82. The Morgan fingerprint density at radius 3 is 2.69 bits per heavy atom. The van der Waals surface area contributed by atoms with Crippen LogP contribution in [-0.4, -0.2) is 39.3 Å². The summed E-state index contributed by atoms with van der Waals surface area (Å²) >= 11 is 12.1. The second kappa shape index (κ2) is 7.22. The Balaban J connectivity index is 1.48. The largest absolute Gasteiger partial charge is 0.389 e. The normalized spacial score (nSPS) is 17.2. The maximum atomic E-state index is 10.5. The summed E-state index contributed by atoms with van der Waals surface area (Å²) in [4.78, 5) is 5.60. The van der Waals surface area contributed by atoms with Gasteiger partial charge in [-0.1, -0.05) is 35.3 Å². The number of rotatable bonds is 4. The molecule has 0 saturated heterocycles. The molecule has 0 fully saturated rings. The molecule has 4 nitrogen and oxygen atoms in total. The molecule has 2 heterocycles. The van der Waals surface area contributed by atoms with E-state index in [1.807, 2.05) is 18.2 Å². The van der Waals surface area contributed by atoms with Crippen LogP contribution >= 0.6 is 23.2 Å². The van der Waals surface area contributed by atoms with Crippen molar-refractivity contribution < 1.29 is 10.2 Å². The number of fused-ring (bicyclic) bond motifs is 3. The summed E-state index contributed by atoms with van der Waals surface area (Å²) in [5, 5.41) is 23.4. The monoisotopic (exact) mass is 390 g/mol.